The van der Waals surface area contributed by atoms with Gasteiger partial charge in [0.2, 0.25) is 10.0 Å². The van der Waals surface area contributed by atoms with Crippen LogP contribution in [0.25, 0.3) is 10.9 Å². The molecule has 1 heterocycles. The summed E-state index contributed by atoms with van der Waals surface area (Å²) in [7, 11) is -2.43. The van der Waals surface area contributed by atoms with Gasteiger partial charge in [0, 0.05) is 19.7 Å². The number of aromatic nitrogens is 2. The summed E-state index contributed by atoms with van der Waals surface area (Å²) in [6.45, 7) is 0.503. The van der Waals surface area contributed by atoms with Gasteiger partial charge in [0.1, 0.15) is 5.69 Å². The molecule has 0 spiro atoms. The second-order valence-corrected chi connectivity index (χ2v) is 6.75. The van der Waals surface area contributed by atoms with Crippen molar-refractivity contribution in [2.24, 2.45) is 0 Å². The lowest BCUT2D eigenvalue weighted by Gasteiger charge is -2.10. The van der Waals surface area contributed by atoms with Crippen molar-refractivity contribution in [3.05, 3.63) is 43.1 Å². The number of H-pyrrole nitrogens is 1. The van der Waals surface area contributed by atoms with E-state index in [1.165, 1.54) is 13.2 Å². The van der Waals surface area contributed by atoms with Gasteiger partial charge in [-0.25, -0.2) is 18.0 Å². The first kappa shape index (κ1) is 18.4. The van der Waals surface area contributed by atoms with Crippen molar-refractivity contribution in [1.29, 1.82) is 0 Å². The SMILES string of the molecule is COCCNc1cc2c(=O)n(NS(C)(=O)=O)c(=O)[nH]c2cc1[N+](=O)[O-]. The maximum absolute atomic E-state index is 12.4. The summed E-state index contributed by atoms with van der Waals surface area (Å²) in [5.74, 6) is 0. The number of nitrogens with zero attached hydrogens (tertiary/aromatic N) is 2. The molecule has 0 aliphatic rings. The number of nitro groups is 1. The van der Waals surface area contributed by atoms with E-state index in [1.807, 2.05) is 0 Å². The minimum atomic E-state index is -3.89. The zero-order valence-corrected chi connectivity index (χ0v) is 14.0. The van der Waals surface area contributed by atoms with Crippen molar-refractivity contribution < 1.29 is 18.1 Å². The molecule has 2 aromatic rings. The Morgan fingerprint density at radius 1 is 1.36 bits per heavy atom. The van der Waals surface area contributed by atoms with E-state index >= 15 is 0 Å². The van der Waals surface area contributed by atoms with Gasteiger partial charge in [-0.2, -0.15) is 4.68 Å². The fourth-order valence-corrected chi connectivity index (χ4v) is 2.58. The summed E-state index contributed by atoms with van der Waals surface area (Å²) in [4.78, 5) is 38.8. The summed E-state index contributed by atoms with van der Waals surface area (Å²) < 4.78 is 27.7. The number of aromatic amines is 1. The molecule has 0 saturated heterocycles. The van der Waals surface area contributed by atoms with E-state index in [1.54, 1.807) is 4.83 Å². The third-order valence-corrected chi connectivity index (χ3v) is 3.60. The molecule has 0 unspecified atom stereocenters. The molecule has 0 fully saturated rings. The predicted octanol–water partition coefficient (Wildman–Crippen LogP) is -0.841. The van der Waals surface area contributed by atoms with E-state index in [0.717, 1.165) is 12.3 Å². The van der Waals surface area contributed by atoms with Crippen molar-refractivity contribution in [1.82, 2.24) is 9.66 Å². The van der Waals surface area contributed by atoms with Gasteiger partial charge in [0.15, 0.2) is 0 Å². The smallest absolute Gasteiger partial charge is 0.348 e. The molecule has 25 heavy (non-hydrogen) atoms. The normalized spacial score (nSPS) is 11.4. The van der Waals surface area contributed by atoms with E-state index in [2.05, 4.69) is 10.3 Å². The summed E-state index contributed by atoms with van der Waals surface area (Å²) in [6.07, 6.45) is 0.774. The number of rotatable bonds is 7. The van der Waals surface area contributed by atoms with Crippen LogP contribution in [0, 0.1) is 10.1 Å². The first-order valence-corrected chi connectivity index (χ1v) is 8.71. The van der Waals surface area contributed by atoms with Gasteiger partial charge in [-0.05, 0) is 6.07 Å². The van der Waals surface area contributed by atoms with Gasteiger partial charge in [-0.3, -0.25) is 14.9 Å². The van der Waals surface area contributed by atoms with Crippen molar-refractivity contribution in [2.45, 2.75) is 0 Å². The van der Waals surface area contributed by atoms with Crippen LogP contribution >= 0.6 is 0 Å². The topological polar surface area (TPSA) is 165 Å². The minimum Gasteiger partial charge on any atom is -0.383 e. The largest absolute Gasteiger partial charge is 0.383 e. The molecule has 136 valence electrons. The number of benzene rings is 1. The third kappa shape index (κ3) is 4.13. The molecule has 1 aromatic heterocycles. The minimum absolute atomic E-state index is 0.0320. The summed E-state index contributed by atoms with van der Waals surface area (Å²) >= 11 is 0. The summed E-state index contributed by atoms with van der Waals surface area (Å²) in [5, 5.41) is 13.8. The average Bonchev–Trinajstić information content (AvgIpc) is 2.50. The lowest BCUT2D eigenvalue weighted by Crippen LogP contribution is -2.43. The molecule has 0 atom stereocenters. The van der Waals surface area contributed by atoms with Crippen LogP contribution in [-0.4, -0.2) is 49.5 Å². The van der Waals surface area contributed by atoms with Crippen LogP contribution < -0.4 is 21.4 Å². The third-order valence-electron chi connectivity index (χ3n) is 3.09. The van der Waals surface area contributed by atoms with E-state index in [4.69, 9.17) is 4.74 Å². The first-order chi connectivity index (χ1) is 11.6. The Balaban J connectivity index is 2.70. The standard InChI is InChI=1S/C12H15N5O7S/c1-24-4-3-13-9-5-7-8(6-10(9)17(20)21)14-12(19)16(11(7)18)15-25(2,22)23/h5-6,13,15H,3-4H2,1-2H3,(H,14,19). The van der Waals surface area contributed by atoms with Crippen LogP contribution in [0.5, 0.6) is 0 Å². The van der Waals surface area contributed by atoms with E-state index in [-0.39, 0.29) is 40.1 Å². The fourth-order valence-electron chi connectivity index (χ4n) is 2.08. The summed E-state index contributed by atoms with van der Waals surface area (Å²) in [5.41, 5.74) is -2.45. The van der Waals surface area contributed by atoms with Gasteiger partial charge in [0.05, 0.1) is 28.7 Å². The van der Waals surface area contributed by atoms with E-state index in [0.29, 0.717) is 0 Å². The quantitative estimate of drug-likeness (QED) is 0.321. The van der Waals surface area contributed by atoms with Crippen LogP contribution in [0.1, 0.15) is 0 Å². The van der Waals surface area contributed by atoms with Crippen LogP contribution in [0.4, 0.5) is 11.4 Å². The Hall–Kier alpha value is -2.93. The highest BCUT2D eigenvalue weighted by atomic mass is 32.2. The van der Waals surface area contributed by atoms with Crippen molar-refractivity contribution in [3.8, 4) is 0 Å². The predicted molar refractivity (Wildman–Crippen MR) is 90.1 cm³/mol. The highest BCUT2D eigenvalue weighted by Crippen LogP contribution is 2.27. The van der Waals surface area contributed by atoms with Crippen LogP contribution in [-0.2, 0) is 14.8 Å². The molecule has 2 rings (SSSR count). The Bertz CT molecular complexity index is 1040. The van der Waals surface area contributed by atoms with Crippen molar-refractivity contribution >= 4 is 32.3 Å². The number of methoxy groups -OCH3 is 1. The molecule has 0 radical (unpaired) electrons. The Labute approximate surface area is 140 Å². The Morgan fingerprint density at radius 2 is 2.04 bits per heavy atom. The van der Waals surface area contributed by atoms with Crippen LogP contribution in [0.3, 0.4) is 0 Å². The number of ether oxygens (including phenoxy) is 1. The zero-order chi connectivity index (χ0) is 18.8. The molecule has 0 aliphatic carbocycles. The number of hydrogen-bond donors (Lipinski definition) is 3. The van der Waals surface area contributed by atoms with Gasteiger partial charge >= 0.3 is 5.69 Å². The number of nitrogens with one attached hydrogen (secondary N) is 3. The molecular weight excluding hydrogens is 358 g/mol. The second-order valence-electron chi connectivity index (χ2n) is 5.03. The molecule has 12 nitrogen and oxygen atoms in total. The van der Waals surface area contributed by atoms with Crippen LogP contribution in [0.2, 0.25) is 0 Å². The van der Waals surface area contributed by atoms with Gasteiger partial charge < -0.3 is 15.0 Å². The Kier molecular flexibility index (Phi) is 5.08. The molecule has 0 amide bonds. The lowest BCUT2D eigenvalue weighted by atomic mass is 10.2. The number of hydrogen-bond acceptors (Lipinski definition) is 8. The number of anilines is 1. The molecule has 0 saturated carbocycles. The monoisotopic (exact) mass is 373 g/mol. The maximum Gasteiger partial charge on any atom is 0.348 e. The Morgan fingerprint density at radius 3 is 2.60 bits per heavy atom. The second kappa shape index (κ2) is 6.90. The first-order valence-electron chi connectivity index (χ1n) is 6.82. The van der Waals surface area contributed by atoms with Gasteiger partial charge in [-0.15, -0.1) is 0 Å². The number of fused-ring (bicyclic) bond motifs is 1. The molecule has 0 bridgehead atoms. The van der Waals surface area contributed by atoms with E-state index < -0.39 is 26.2 Å². The molecular formula is C12H15N5O7S. The number of sulfonamides is 1. The number of nitro benzene ring substituents is 1. The zero-order valence-electron chi connectivity index (χ0n) is 13.2. The van der Waals surface area contributed by atoms with Gasteiger partial charge in [0.25, 0.3) is 11.2 Å². The maximum atomic E-state index is 12.4. The molecule has 1 aromatic carbocycles. The molecule has 0 aliphatic heterocycles. The fraction of sp³-hybridized carbons (Fsp3) is 0.333. The van der Waals surface area contributed by atoms with Crippen molar-refractivity contribution in [2.75, 3.05) is 36.7 Å². The summed E-state index contributed by atoms with van der Waals surface area (Å²) in [6, 6.07) is 2.19. The van der Waals surface area contributed by atoms with Crippen LogP contribution in [0.15, 0.2) is 21.7 Å². The highest BCUT2D eigenvalue weighted by Gasteiger charge is 2.19. The molecule has 13 heteroatoms. The van der Waals surface area contributed by atoms with Crippen molar-refractivity contribution in [3.63, 3.8) is 0 Å². The van der Waals surface area contributed by atoms with Gasteiger partial charge in [-0.1, -0.05) is 0 Å². The molecule has 3 N–H and O–H groups in total. The van der Waals surface area contributed by atoms with E-state index in [9.17, 15) is 28.1 Å². The lowest BCUT2D eigenvalue weighted by molar-refractivity contribution is -0.383. The highest BCUT2D eigenvalue weighted by molar-refractivity contribution is 7.91. The average molecular weight is 373 g/mol.